The number of sulfonamides is 1. The molecule has 0 radical (unpaired) electrons. The fourth-order valence-corrected chi connectivity index (χ4v) is 4.12. The molecule has 0 saturated carbocycles. The third-order valence-electron chi connectivity index (χ3n) is 2.74. The molecule has 0 aliphatic carbocycles. The number of aryl methyl sites for hydroxylation is 1. The summed E-state index contributed by atoms with van der Waals surface area (Å²) in [7, 11) is -0.463. The maximum atomic E-state index is 12.3. The minimum atomic E-state index is -3.73. The van der Waals surface area contributed by atoms with E-state index in [1.54, 1.807) is 33.2 Å². The van der Waals surface area contributed by atoms with E-state index in [9.17, 15) is 13.2 Å². The molecule has 6 nitrogen and oxygen atoms in total. The van der Waals surface area contributed by atoms with Crippen molar-refractivity contribution in [2.45, 2.75) is 11.8 Å². The Hall–Kier alpha value is -1.45. The summed E-state index contributed by atoms with van der Waals surface area (Å²) in [6.45, 7) is 1.67. The maximum absolute atomic E-state index is 12.3. The topological polar surface area (TPSA) is 79.4 Å². The average Bonchev–Trinajstić information content (AvgIpc) is 2.78. The Morgan fingerprint density at radius 1 is 1.27 bits per heavy atom. The summed E-state index contributed by atoms with van der Waals surface area (Å²) in [4.78, 5) is 18.0. The molecule has 2 aromatic rings. The fourth-order valence-electron chi connectivity index (χ4n) is 1.63. The molecule has 0 aliphatic heterocycles. The Balaban J connectivity index is 2.29. The third kappa shape index (κ3) is 3.65. The predicted molar refractivity (Wildman–Crippen MR) is 89.8 cm³/mol. The molecule has 2 rings (SSSR count). The average molecular weight is 404 g/mol. The van der Waals surface area contributed by atoms with Gasteiger partial charge in [0, 0.05) is 18.6 Å². The zero-order chi connectivity index (χ0) is 16.5. The van der Waals surface area contributed by atoms with Crippen molar-refractivity contribution in [3.05, 3.63) is 39.3 Å². The number of anilines is 1. The van der Waals surface area contributed by atoms with Crippen molar-refractivity contribution >= 4 is 48.3 Å². The van der Waals surface area contributed by atoms with Crippen LogP contribution in [0.5, 0.6) is 0 Å². The second-order valence-electron chi connectivity index (χ2n) is 4.69. The zero-order valence-corrected chi connectivity index (χ0v) is 15.3. The molecular formula is C13H14BrN3O3S2. The summed E-state index contributed by atoms with van der Waals surface area (Å²) in [6, 6.07) is 6.25. The summed E-state index contributed by atoms with van der Waals surface area (Å²) >= 11 is 4.27. The molecule has 0 spiro atoms. The molecule has 0 fully saturated rings. The summed E-state index contributed by atoms with van der Waals surface area (Å²) in [6.07, 6.45) is 0. The van der Waals surface area contributed by atoms with Crippen molar-refractivity contribution in [1.29, 1.82) is 0 Å². The number of nitrogens with zero attached hydrogens (tertiary/aromatic N) is 2. The van der Waals surface area contributed by atoms with Gasteiger partial charge in [0.25, 0.3) is 15.9 Å². The van der Waals surface area contributed by atoms with Crippen LogP contribution < -0.4 is 4.72 Å². The molecule has 22 heavy (non-hydrogen) atoms. The lowest BCUT2D eigenvalue weighted by molar-refractivity contribution is 0.0831. The zero-order valence-electron chi connectivity index (χ0n) is 12.1. The van der Waals surface area contributed by atoms with Gasteiger partial charge in [0.15, 0.2) is 5.13 Å². The van der Waals surface area contributed by atoms with E-state index in [4.69, 9.17) is 0 Å². The van der Waals surface area contributed by atoms with Gasteiger partial charge in [-0.1, -0.05) is 27.3 Å². The Morgan fingerprint density at radius 2 is 1.86 bits per heavy atom. The van der Waals surface area contributed by atoms with Crippen LogP contribution in [0.25, 0.3) is 0 Å². The second-order valence-corrected chi connectivity index (χ2v) is 8.29. The van der Waals surface area contributed by atoms with Gasteiger partial charge in [0.05, 0.1) is 10.6 Å². The van der Waals surface area contributed by atoms with E-state index in [0.29, 0.717) is 10.6 Å². The Bertz CT molecular complexity index is 798. The van der Waals surface area contributed by atoms with Crippen LogP contribution in [0.3, 0.4) is 0 Å². The Kier molecular flexibility index (Phi) is 4.88. The van der Waals surface area contributed by atoms with Crippen LogP contribution in [0.2, 0.25) is 0 Å². The van der Waals surface area contributed by atoms with Crippen molar-refractivity contribution in [2.75, 3.05) is 18.8 Å². The van der Waals surface area contributed by atoms with Crippen molar-refractivity contribution in [3.8, 4) is 0 Å². The molecule has 0 saturated heterocycles. The smallest absolute Gasteiger partial charge is 0.265 e. The summed E-state index contributed by atoms with van der Waals surface area (Å²) in [5.41, 5.74) is 0.497. The highest BCUT2D eigenvalue weighted by molar-refractivity contribution is 9.10. The minimum absolute atomic E-state index is 0.129. The summed E-state index contributed by atoms with van der Waals surface area (Å²) < 4.78 is 27.8. The number of amides is 1. The van der Waals surface area contributed by atoms with Crippen LogP contribution in [-0.4, -0.2) is 38.3 Å². The number of halogens is 1. The molecule has 1 N–H and O–H groups in total. The molecule has 1 aromatic heterocycles. The first kappa shape index (κ1) is 16.9. The summed E-state index contributed by atoms with van der Waals surface area (Å²) in [5.74, 6) is -0.205. The van der Waals surface area contributed by atoms with E-state index in [-0.39, 0.29) is 15.9 Å². The highest BCUT2D eigenvalue weighted by Crippen LogP contribution is 2.26. The molecule has 0 unspecified atom stereocenters. The lowest BCUT2D eigenvalue weighted by atomic mass is 10.3. The van der Waals surface area contributed by atoms with E-state index in [1.807, 2.05) is 0 Å². The van der Waals surface area contributed by atoms with Crippen LogP contribution in [0.1, 0.15) is 15.4 Å². The van der Waals surface area contributed by atoms with Crippen molar-refractivity contribution in [3.63, 3.8) is 0 Å². The van der Waals surface area contributed by atoms with E-state index in [0.717, 1.165) is 15.8 Å². The SMILES string of the molecule is Cc1nc(NS(=O)(=O)c2ccc(Br)cc2)sc1C(=O)N(C)C. The van der Waals surface area contributed by atoms with Gasteiger partial charge in [-0.3, -0.25) is 9.52 Å². The fraction of sp³-hybridized carbons (Fsp3) is 0.231. The number of benzene rings is 1. The number of rotatable bonds is 4. The van der Waals surface area contributed by atoms with Gasteiger partial charge >= 0.3 is 0 Å². The van der Waals surface area contributed by atoms with Crippen LogP contribution in [-0.2, 0) is 10.0 Å². The van der Waals surface area contributed by atoms with Crippen LogP contribution in [0.15, 0.2) is 33.6 Å². The standard InChI is InChI=1S/C13H14BrN3O3S2/c1-8-11(12(18)17(2)3)21-13(15-8)16-22(19,20)10-6-4-9(14)5-7-10/h4-7H,1-3H3,(H,15,16). The van der Waals surface area contributed by atoms with Gasteiger partial charge in [-0.2, -0.15) is 0 Å². The van der Waals surface area contributed by atoms with E-state index in [1.165, 1.54) is 17.0 Å². The number of aromatic nitrogens is 1. The molecule has 1 heterocycles. The van der Waals surface area contributed by atoms with E-state index < -0.39 is 10.0 Å². The molecule has 0 aliphatic rings. The molecule has 0 bridgehead atoms. The van der Waals surface area contributed by atoms with Gasteiger partial charge in [-0.15, -0.1) is 0 Å². The number of thiazole rings is 1. The third-order valence-corrected chi connectivity index (χ3v) is 5.82. The number of hydrogen-bond donors (Lipinski definition) is 1. The van der Waals surface area contributed by atoms with Gasteiger partial charge in [0.2, 0.25) is 0 Å². The lowest BCUT2D eigenvalue weighted by Gasteiger charge is -2.07. The van der Waals surface area contributed by atoms with E-state index >= 15 is 0 Å². The van der Waals surface area contributed by atoms with Crippen molar-refractivity contribution in [1.82, 2.24) is 9.88 Å². The minimum Gasteiger partial charge on any atom is -0.344 e. The van der Waals surface area contributed by atoms with Crippen LogP contribution in [0.4, 0.5) is 5.13 Å². The van der Waals surface area contributed by atoms with Gasteiger partial charge in [-0.25, -0.2) is 13.4 Å². The van der Waals surface area contributed by atoms with Gasteiger partial charge in [-0.05, 0) is 31.2 Å². The predicted octanol–water partition coefficient (Wildman–Crippen LogP) is 2.72. The van der Waals surface area contributed by atoms with Gasteiger partial charge < -0.3 is 4.90 Å². The molecule has 0 atom stereocenters. The highest BCUT2D eigenvalue weighted by Gasteiger charge is 2.21. The normalized spacial score (nSPS) is 11.3. The Labute approximate surface area is 141 Å². The first-order valence-electron chi connectivity index (χ1n) is 6.18. The van der Waals surface area contributed by atoms with Crippen molar-refractivity contribution < 1.29 is 13.2 Å². The molecule has 1 aromatic carbocycles. The number of carbonyl (C=O) groups is 1. The number of hydrogen-bond acceptors (Lipinski definition) is 5. The number of carbonyl (C=O) groups excluding carboxylic acids is 1. The Morgan fingerprint density at radius 3 is 2.41 bits per heavy atom. The van der Waals surface area contributed by atoms with Gasteiger partial charge in [0.1, 0.15) is 4.88 Å². The first-order chi connectivity index (χ1) is 10.2. The second kappa shape index (κ2) is 6.35. The van der Waals surface area contributed by atoms with Crippen LogP contribution in [0, 0.1) is 6.92 Å². The molecular weight excluding hydrogens is 390 g/mol. The largest absolute Gasteiger partial charge is 0.344 e. The monoisotopic (exact) mass is 403 g/mol. The molecule has 118 valence electrons. The summed E-state index contributed by atoms with van der Waals surface area (Å²) in [5, 5.41) is 0.172. The quantitative estimate of drug-likeness (QED) is 0.850. The molecule has 9 heteroatoms. The van der Waals surface area contributed by atoms with Crippen molar-refractivity contribution in [2.24, 2.45) is 0 Å². The lowest BCUT2D eigenvalue weighted by Crippen LogP contribution is -2.21. The van der Waals surface area contributed by atoms with E-state index in [2.05, 4.69) is 25.6 Å². The highest BCUT2D eigenvalue weighted by atomic mass is 79.9. The molecule has 1 amide bonds. The first-order valence-corrected chi connectivity index (χ1v) is 9.27. The van der Waals surface area contributed by atoms with Crippen LogP contribution >= 0.6 is 27.3 Å². The number of nitrogens with one attached hydrogen (secondary N) is 1. The maximum Gasteiger partial charge on any atom is 0.265 e.